The van der Waals surface area contributed by atoms with Crippen LogP contribution in [0.4, 0.5) is 5.69 Å². The van der Waals surface area contributed by atoms with Gasteiger partial charge in [0.05, 0.1) is 11.0 Å². The number of hydrogen-bond acceptors (Lipinski definition) is 4. The van der Waals surface area contributed by atoms with Gasteiger partial charge in [-0.15, -0.1) is 0 Å². The highest BCUT2D eigenvalue weighted by atomic mass is 16.6. The van der Waals surface area contributed by atoms with Gasteiger partial charge in [-0.05, 0) is 104 Å². The number of benzene rings is 1. The molecule has 1 aromatic rings. The molecule has 33 heavy (non-hydrogen) atoms. The molecule has 4 fully saturated rings. The number of hydrogen-bond donors (Lipinski definition) is 1. The van der Waals surface area contributed by atoms with E-state index in [4.69, 9.17) is 4.74 Å². The third kappa shape index (κ3) is 3.70. The minimum Gasteiger partial charge on any atom is -0.381 e. The van der Waals surface area contributed by atoms with Crippen LogP contribution in [0.1, 0.15) is 77.2 Å². The molecule has 178 valence electrons. The lowest BCUT2D eigenvalue weighted by Gasteiger charge is -2.61. The topological polar surface area (TPSA) is 72.6 Å². The van der Waals surface area contributed by atoms with E-state index >= 15 is 0 Å². The van der Waals surface area contributed by atoms with Crippen molar-refractivity contribution in [2.24, 2.45) is 34.5 Å². The Morgan fingerprint density at radius 1 is 1.00 bits per heavy atom. The molecule has 0 spiro atoms. The van der Waals surface area contributed by atoms with Crippen molar-refractivity contribution >= 4 is 5.69 Å². The van der Waals surface area contributed by atoms with Crippen molar-refractivity contribution in [2.75, 3.05) is 7.11 Å². The molecule has 4 aliphatic carbocycles. The van der Waals surface area contributed by atoms with Gasteiger partial charge in [-0.25, -0.2) is 0 Å². The lowest BCUT2D eigenvalue weighted by molar-refractivity contribution is -0.384. The normalized spacial score (nSPS) is 44.1. The number of nitrogens with zero attached hydrogens (tertiary/aromatic N) is 1. The van der Waals surface area contributed by atoms with E-state index in [0.717, 1.165) is 30.6 Å². The molecule has 0 amide bonds. The molecule has 4 saturated carbocycles. The Labute approximate surface area is 197 Å². The quantitative estimate of drug-likeness (QED) is 0.354. The van der Waals surface area contributed by atoms with E-state index in [9.17, 15) is 15.2 Å². The van der Waals surface area contributed by atoms with E-state index in [-0.39, 0.29) is 11.1 Å². The van der Waals surface area contributed by atoms with Crippen molar-refractivity contribution in [3.05, 3.63) is 39.9 Å². The molecule has 1 aromatic carbocycles. The highest BCUT2D eigenvalue weighted by Gasteiger charge is 2.61. The van der Waals surface area contributed by atoms with Gasteiger partial charge in [0, 0.05) is 24.8 Å². The van der Waals surface area contributed by atoms with Crippen LogP contribution >= 0.6 is 0 Å². The minimum absolute atomic E-state index is 0.0621. The van der Waals surface area contributed by atoms with Gasteiger partial charge in [0.25, 0.3) is 5.69 Å². The zero-order valence-electron chi connectivity index (χ0n) is 20.2. The molecular weight excluding hydrogens is 414 g/mol. The average molecular weight is 452 g/mol. The number of methoxy groups -OCH3 is 1. The first-order chi connectivity index (χ1) is 15.7. The van der Waals surface area contributed by atoms with Gasteiger partial charge in [0.1, 0.15) is 5.60 Å². The number of nitro groups is 1. The molecule has 4 aliphatic rings. The van der Waals surface area contributed by atoms with E-state index in [1.54, 1.807) is 12.1 Å². The predicted octanol–water partition coefficient (Wildman–Crippen LogP) is 5.74. The van der Waals surface area contributed by atoms with E-state index in [2.05, 4.69) is 25.7 Å². The summed E-state index contributed by atoms with van der Waals surface area (Å²) in [4.78, 5) is 10.5. The van der Waals surface area contributed by atoms with Crippen LogP contribution in [0.15, 0.2) is 24.3 Å². The van der Waals surface area contributed by atoms with Crippen molar-refractivity contribution in [3.63, 3.8) is 0 Å². The minimum atomic E-state index is -0.962. The zero-order chi connectivity index (χ0) is 23.4. The van der Waals surface area contributed by atoms with E-state index < -0.39 is 10.5 Å². The number of aliphatic hydroxyl groups is 1. The Morgan fingerprint density at radius 2 is 1.73 bits per heavy atom. The number of fused-ring (bicyclic) bond motifs is 5. The summed E-state index contributed by atoms with van der Waals surface area (Å²) >= 11 is 0. The van der Waals surface area contributed by atoms with E-state index in [1.165, 1.54) is 50.7 Å². The summed E-state index contributed by atoms with van der Waals surface area (Å²) in [6, 6.07) is 6.28. The fourth-order valence-corrected chi connectivity index (χ4v) is 8.55. The number of non-ortho nitro benzene ring substituents is 1. The first kappa shape index (κ1) is 22.9. The van der Waals surface area contributed by atoms with Crippen molar-refractivity contribution in [2.45, 2.75) is 83.3 Å². The summed E-state index contributed by atoms with van der Waals surface area (Å²) in [6.45, 7) is 4.99. The van der Waals surface area contributed by atoms with E-state index in [0.29, 0.717) is 29.4 Å². The second-order valence-corrected chi connectivity index (χ2v) is 11.8. The lowest BCUT2D eigenvalue weighted by Crippen LogP contribution is -2.56. The Bertz CT molecular complexity index is 980. The van der Waals surface area contributed by atoms with Crippen molar-refractivity contribution in [1.82, 2.24) is 0 Å². The molecule has 0 aromatic heterocycles. The average Bonchev–Trinajstić information content (AvgIpc) is 3.15. The molecule has 5 nitrogen and oxygen atoms in total. The number of ether oxygens (including phenoxy) is 1. The van der Waals surface area contributed by atoms with Crippen LogP contribution < -0.4 is 0 Å². The van der Waals surface area contributed by atoms with Crippen LogP contribution in [-0.2, 0) is 4.74 Å². The summed E-state index contributed by atoms with van der Waals surface area (Å²) < 4.78 is 5.92. The maximum absolute atomic E-state index is 11.4. The summed E-state index contributed by atoms with van der Waals surface area (Å²) in [5.41, 5.74) is 0.441. The Kier molecular flexibility index (Phi) is 5.61. The molecule has 0 heterocycles. The highest BCUT2D eigenvalue weighted by Crippen LogP contribution is 2.67. The van der Waals surface area contributed by atoms with Gasteiger partial charge in [-0.2, -0.15) is 0 Å². The zero-order valence-corrected chi connectivity index (χ0v) is 20.2. The molecular formula is C28H37NO4. The molecule has 5 heteroatoms. The first-order valence-corrected chi connectivity index (χ1v) is 12.7. The van der Waals surface area contributed by atoms with Crippen LogP contribution in [0.25, 0.3) is 0 Å². The third-order valence-corrected chi connectivity index (χ3v) is 10.4. The molecule has 8 atom stereocenters. The van der Waals surface area contributed by atoms with Gasteiger partial charge in [0.2, 0.25) is 0 Å². The van der Waals surface area contributed by atoms with Gasteiger partial charge in [-0.1, -0.05) is 25.7 Å². The Hall–Kier alpha value is -1.90. The van der Waals surface area contributed by atoms with Crippen molar-refractivity contribution in [3.8, 4) is 11.8 Å². The van der Waals surface area contributed by atoms with Crippen LogP contribution in [0, 0.1) is 56.5 Å². The fourth-order valence-electron chi connectivity index (χ4n) is 8.55. The van der Waals surface area contributed by atoms with Crippen LogP contribution in [0.3, 0.4) is 0 Å². The van der Waals surface area contributed by atoms with Gasteiger partial charge in [-0.3, -0.25) is 10.1 Å². The van der Waals surface area contributed by atoms with E-state index in [1.807, 2.05) is 7.11 Å². The first-order valence-electron chi connectivity index (χ1n) is 12.7. The molecule has 0 saturated heterocycles. The van der Waals surface area contributed by atoms with Crippen LogP contribution in [0.5, 0.6) is 0 Å². The largest absolute Gasteiger partial charge is 0.381 e. The third-order valence-electron chi connectivity index (χ3n) is 10.4. The van der Waals surface area contributed by atoms with Gasteiger partial charge >= 0.3 is 0 Å². The standard InChI is InChI=1S/C28H37NO4/c1-26-16-17-28(30,15-12-19-4-7-21(8-5-19)29(31)32)18-20(26)6-9-22-23-10-11-25(33-3)27(23,2)14-13-24(22)26/h4-5,7-8,20,22-25,30H,6,9-11,13-14,16-18H2,1-3H3/t20?,22-,23-,24+,25?,26-,27-,28?/m0/s1. The molecule has 5 rings (SSSR count). The number of nitro benzene ring substituents is 1. The molecule has 0 aliphatic heterocycles. The molecule has 1 N–H and O–H groups in total. The SMILES string of the molecule is COC1CC[C@H]2[C@@H]3CCC4CC(O)(C#Cc5ccc([N+](=O)[O-])cc5)CC[C@]4(C)[C@@H]3CC[C@]12C. The number of rotatable bonds is 2. The molecule has 3 unspecified atom stereocenters. The molecule has 0 bridgehead atoms. The summed E-state index contributed by atoms with van der Waals surface area (Å²) in [5, 5.41) is 22.3. The fraction of sp³-hybridized carbons (Fsp3) is 0.714. The van der Waals surface area contributed by atoms with Gasteiger partial charge < -0.3 is 9.84 Å². The Balaban J connectivity index is 1.32. The highest BCUT2D eigenvalue weighted by molar-refractivity contribution is 5.42. The monoisotopic (exact) mass is 451 g/mol. The van der Waals surface area contributed by atoms with Gasteiger partial charge in [0.15, 0.2) is 0 Å². The van der Waals surface area contributed by atoms with Crippen molar-refractivity contribution in [1.29, 1.82) is 0 Å². The predicted molar refractivity (Wildman–Crippen MR) is 127 cm³/mol. The maximum atomic E-state index is 11.4. The second kappa shape index (κ2) is 8.10. The van der Waals surface area contributed by atoms with Crippen LogP contribution in [-0.4, -0.2) is 28.8 Å². The lowest BCUT2D eigenvalue weighted by atomic mass is 9.44. The summed E-state index contributed by atoms with van der Waals surface area (Å²) in [7, 11) is 1.89. The summed E-state index contributed by atoms with van der Waals surface area (Å²) in [5.74, 6) is 9.08. The smallest absolute Gasteiger partial charge is 0.269 e. The molecule has 0 radical (unpaired) electrons. The Morgan fingerprint density at radius 3 is 2.42 bits per heavy atom. The van der Waals surface area contributed by atoms with Crippen molar-refractivity contribution < 1.29 is 14.8 Å². The van der Waals surface area contributed by atoms with Crippen LogP contribution in [0.2, 0.25) is 0 Å². The second-order valence-electron chi connectivity index (χ2n) is 11.8. The maximum Gasteiger partial charge on any atom is 0.269 e. The summed E-state index contributed by atoms with van der Waals surface area (Å²) in [6.07, 6.45) is 10.4.